The maximum atomic E-state index is 12.0. The SMILES string of the molecule is COc1ccc(OCCCC(=O)NCc2nc(-c3ccc(Cl)cc3)cs2)cc1. The molecular weight excluding hydrogens is 396 g/mol. The van der Waals surface area contributed by atoms with E-state index in [1.54, 1.807) is 7.11 Å². The summed E-state index contributed by atoms with van der Waals surface area (Å²) in [4.78, 5) is 16.6. The van der Waals surface area contributed by atoms with Crippen molar-refractivity contribution in [2.45, 2.75) is 19.4 Å². The average molecular weight is 417 g/mol. The van der Waals surface area contributed by atoms with Crippen LogP contribution in [0.15, 0.2) is 53.9 Å². The van der Waals surface area contributed by atoms with Crippen LogP contribution in [0, 0.1) is 0 Å². The van der Waals surface area contributed by atoms with Crippen LogP contribution in [0.4, 0.5) is 0 Å². The number of hydrogen-bond acceptors (Lipinski definition) is 5. The zero-order chi connectivity index (χ0) is 19.8. The third kappa shape index (κ3) is 5.97. The van der Waals surface area contributed by atoms with Crippen LogP contribution < -0.4 is 14.8 Å². The lowest BCUT2D eigenvalue weighted by Crippen LogP contribution is -2.22. The van der Waals surface area contributed by atoms with E-state index in [4.69, 9.17) is 21.1 Å². The Kier molecular flexibility index (Phi) is 7.28. The summed E-state index contributed by atoms with van der Waals surface area (Å²) in [5.41, 5.74) is 1.90. The van der Waals surface area contributed by atoms with Crippen molar-refractivity contribution in [1.82, 2.24) is 10.3 Å². The summed E-state index contributed by atoms with van der Waals surface area (Å²) in [6.45, 7) is 0.911. The van der Waals surface area contributed by atoms with Gasteiger partial charge >= 0.3 is 0 Å². The van der Waals surface area contributed by atoms with Gasteiger partial charge in [-0.15, -0.1) is 11.3 Å². The van der Waals surface area contributed by atoms with E-state index in [2.05, 4.69) is 10.3 Å². The number of thiazole rings is 1. The molecule has 0 atom stereocenters. The molecule has 1 aromatic heterocycles. The highest BCUT2D eigenvalue weighted by atomic mass is 35.5. The van der Waals surface area contributed by atoms with E-state index in [1.807, 2.05) is 53.9 Å². The number of halogens is 1. The van der Waals surface area contributed by atoms with Crippen LogP contribution in [-0.4, -0.2) is 24.6 Å². The predicted molar refractivity (Wildman–Crippen MR) is 112 cm³/mol. The third-order valence-corrected chi connectivity index (χ3v) is 5.11. The first-order valence-electron chi connectivity index (χ1n) is 8.88. The molecule has 28 heavy (non-hydrogen) atoms. The van der Waals surface area contributed by atoms with Gasteiger partial charge in [0.25, 0.3) is 0 Å². The fourth-order valence-corrected chi connectivity index (χ4v) is 3.37. The molecule has 0 saturated carbocycles. The van der Waals surface area contributed by atoms with Crippen LogP contribution in [0.2, 0.25) is 5.02 Å². The minimum Gasteiger partial charge on any atom is -0.497 e. The quantitative estimate of drug-likeness (QED) is 0.501. The largest absolute Gasteiger partial charge is 0.497 e. The maximum Gasteiger partial charge on any atom is 0.220 e. The second kappa shape index (κ2) is 10.1. The first kappa shape index (κ1) is 20.2. The zero-order valence-corrected chi connectivity index (χ0v) is 17.1. The van der Waals surface area contributed by atoms with Crippen molar-refractivity contribution >= 4 is 28.8 Å². The number of benzene rings is 2. The summed E-state index contributed by atoms with van der Waals surface area (Å²) in [5, 5.41) is 6.45. The van der Waals surface area contributed by atoms with Crippen LogP contribution in [0.25, 0.3) is 11.3 Å². The molecule has 1 heterocycles. The number of rotatable bonds is 9. The fourth-order valence-electron chi connectivity index (χ4n) is 2.50. The average Bonchev–Trinajstić information content (AvgIpc) is 3.20. The smallest absolute Gasteiger partial charge is 0.220 e. The van der Waals surface area contributed by atoms with E-state index < -0.39 is 0 Å². The molecule has 146 valence electrons. The van der Waals surface area contributed by atoms with Gasteiger partial charge < -0.3 is 14.8 Å². The van der Waals surface area contributed by atoms with E-state index >= 15 is 0 Å². The zero-order valence-electron chi connectivity index (χ0n) is 15.5. The number of nitrogens with zero attached hydrogens (tertiary/aromatic N) is 1. The number of nitrogens with one attached hydrogen (secondary N) is 1. The Hall–Kier alpha value is -2.57. The Bertz CT molecular complexity index is 895. The number of amides is 1. The summed E-state index contributed by atoms with van der Waals surface area (Å²) in [6, 6.07) is 14.9. The van der Waals surface area contributed by atoms with Gasteiger partial charge in [0.15, 0.2) is 0 Å². The molecule has 1 N–H and O–H groups in total. The van der Waals surface area contributed by atoms with E-state index in [-0.39, 0.29) is 5.91 Å². The van der Waals surface area contributed by atoms with Gasteiger partial charge in [-0.2, -0.15) is 0 Å². The number of ether oxygens (including phenoxy) is 2. The van der Waals surface area contributed by atoms with Crippen molar-refractivity contribution in [3.8, 4) is 22.8 Å². The van der Waals surface area contributed by atoms with Crippen LogP contribution >= 0.6 is 22.9 Å². The molecule has 0 radical (unpaired) electrons. The molecule has 0 aliphatic rings. The van der Waals surface area contributed by atoms with Crippen LogP contribution in [0.3, 0.4) is 0 Å². The Balaban J connectivity index is 1.36. The molecule has 0 bridgehead atoms. The maximum absolute atomic E-state index is 12.0. The van der Waals surface area contributed by atoms with Crippen molar-refractivity contribution in [3.05, 3.63) is 63.9 Å². The summed E-state index contributed by atoms with van der Waals surface area (Å²) < 4.78 is 10.7. The second-order valence-electron chi connectivity index (χ2n) is 6.04. The van der Waals surface area contributed by atoms with Gasteiger partial charge in [0.1, 0.15) is 16.5 Å². The Morgan fingerprint density at radius 3 is 2.54 bits per heavy atom. The highest BCUT2D eigenvalue weighted by Gasteiger charge is 2.07. The normalized spacial score (nSPS) is 10.5. The first-order valence-corrected chi connectivity index (χ1v) is 10.1. The predicted octanol–water partition coefficient (Wildman–Crippen LogP) is 4.95. The van der Waals surface area contributed by atoms with Crippen LogP contribution in [0.1, 0.15) is 17.8 Å². The van der Waals surface area contributed by atoms with Crippen molar-refractivity contribution in [3.63, 3.8) is 0 Å². The van der Waals surface area contributed by atoms with Crippen molar-refractivity contribution in [2.75, 3.05) is 13.7 Å². The summed E-state index contributed by atoms with van der Waals surface area (Å²) in [7, 11) is 1.62. The van der Waals surface area contributed by atoms with E-state index in [0.717, 1.165) is 27.8 Å². The molecule has 0 aliphatic heterocycles. The van der Waals surface area contributed by atoms with Gasteiger partial charge in [-0.1, -0.05) is 23.7 Å². The number of aromatic nitrogens is 1. The topological polar surface area (TPSA) is 60.5 Å². The Morgan fingerprint density at radius 2 is 1.82 bits per heavy atom. The van der Waals surface area contributed by atoms with Gasteiger partial charge in [-0.25, -0.2) is 4.98 Å². The lowest BCUT2D eigenvalue weighted by molar-refractivity contribution is -0.121. The highest BCUT2D eigenvalue weighted by molar-refractivity contribution is 7.09. The van der Waals surface area contributed by atoms with Gasteiger partial charge in [0.05, 0.1) is 26.0 Å². The molecule has 0 spiro atoms. The van der Waals surface area contributed by atoms with Crippen LogP contribution in [0.5, 0.6) is 11.5 Å². The van der Waals surface area contributed by atoms with Gasteiger partial charge in [0.2, 0.25) is 5.91 Å². The summed E-state index contributed by atoms with van der Waals surface area (Å²) in [5.74, 6) is 1.54. The molecule has 0 aliphatic carbocycles. The minimum absolute atomic E-state index is 0.0124. The highest BCUT2D eigenvalue weighted by Crippen LogP contribution is 2.23. The number of carbonyl (C=O) groups excluding carboxylic acids is 1. The number of hydrogen-bond donors (Lipinski definition) is 1. The molecule has 2 aromatic carbocycles. The van der Waals surface area contributed by atoms with Crippen molar-refractivity contribution in [2.24, 2.45) is 0 Å². The molecule has 7 heteroatoms. The Labute approximate surface area is 173 Å². The molecule has 0 fully saturated rings. The lowest BCUT2D eigenvalue weighted by Gasteiger charge is -2.07. The minimum atomic E-state index is -0.0124. The molecular formula is C21H21ClN2O3S. The second-order valence-corrected chi connectivity index (χ2v) is 7.42. The Morgan fingerprint density at radius 1 is 1.11 bits per heavy atom. The van der Waals surface area contributed by atoms with Crippen LogP contribution in [-0.2, 0) is 11.3 Å². The molecule has 3 aromatic rings. The third-order valence-electron chi connectivity index (χ3n) is 4.00. The van der Waals surface area contributed by atoms with Gasteiger partial charge in [0, 0.05) is 22.4 Å². The van der Waals surface area contributed by atoms with Gasteiger partial charge in [-0.05, 0) is 42.8 Å². The number of carbonyl (C=O) groups is 1. The monoisotopic (exact) mass is 416 g/mol. The lowest BCUT2D eigenvalue weighted by atomic mass is 10.2. The molecule has 1 amide bonds. The van der Waals surface area contributed by atoms with E-state index in [9.17, 15) is 4.79 Å². The van der Waals surface area contributed by atoms with Gasteiger partial charge in [-0.3, -0.25) is 4.79 Å². The molecule has 0 saturated heterocycles. The van der Waals surface area contributed by atoms with E-state index in [1.165, 1.54) is 11.3 Å². The standard InChI is InChI=1S/C21H21ClN2O3S/c1-26-17-8-10-18(11-9-17)27-12-2-3-20(25)23-13-21-24-19(14-28-21)15-4-6-16(22)7-5-15/h4-11,14H,2-3,12-13H2,1H3,(H,23,25). The summed E-state index contributed by atoms with van der Waals surface area (Å²) >= 11 is 7.43. The van der Waals surface area contributed by atoms with E-state index in [0.29, 0.717) is 31.0 Å². The molecule has 5 nitrogen and oxygen atoms in total. The fraction of sp³-hybridized carbons (Fsp3) is 0.238. The molecule has 3 rings (SSSR count). The van der Waals surface area contributed by atoms with Crippen molar-refractivity contribution < 1.29 is 14.3 Å². The summed E-state index contributed by atoms with van der Waals surface area (Å²) in [6.07, 6.45) is 1.05. The molecule has 0 unspecified atom stereocenters. The first-order chi connectivity index (χ1) is 13.6. The van der Waals surface area contributed by atoms with Crippen molar-refractivity contribution in [1.29, 1.82) is 0 Å². The number of methoxy groups -OCH3 is 1.